The van der Waals surface area contributed by atoms with Crippen molar-refractivity contribution in [2.75, 3.05) is 0 Å². The highest BCUT2D eigenvalue weighted by Gasteiger charge is 2.61. The maximum atomic E-state index is 13.8. The Labute approximate surface area is 204 Å². The van der Waals surface area contributed by atoms with Gasteiger partial charge in [0.05, 0.1) is 12.0 Å². The first kappa shape index (κ1) is 25.3. The Hall–Kier alpha value is -1.75. The van der Waals surface area contributed by atoms with E-state index in [2.05, 4.69) is 27.4 Å². The van der Waals surface area contributed by atoms with Crippen molar-refractivity contribution in [2.24, 2.45) is 46.3 Å². The molecular formula is C29H42O5. The number of aliphatic hydroxyl groups is 1. The summed E-state index contributed by atoms with van der Waals surface area (Å²) in [5.41, 5.74) is 2.13. The van der Waals surface area contributed by atoms with Crippen LogP contribution in [0.15, 0.2) is 23.3 Å². The Bertz CT molecular complexity index is 946. The minimum absolute atomic E-state index is 0.0363. The molecule has 188 valence electrons. The van der Waals surface area contributed by atoms with Gasteiger partial charge in [-0.2, -0.15) is 0 Å². The summed E-state index contributed by atoms with van der Waals surface area (Å²) < 4.78 is 0. The summed E-state index contributed by atoms with van der Waals surface area (Å²) in [6, 6.07) is 0. The number of allylic oxidation sites excluding steroid dienone is 1. The molecule has 0 aliphatic heterocycles. The van der Waals surface area contributed by atoms with Crippen LogP contribution in [0.4, 0.5) is 0 Å². The van der Waals surface area contributed by atoms with E-state index >= 15 is 0 Å². The summed E-state index contributed by atoms with van der Waals surface area (Å²) in [7, 11) is 0. The third kappa shape index (κ3) is 3.73. The van der Waals surface area contributed by atoms with Gasteiger partial charge in [0.25, 0.3) is 0 Å². The Kier molecular flexibility index (Phi) is 6.50. The number of fused-ring (bicyclic) bond motifs is 4. The second-order valence-corrected chi connectivity index (χ2v) is 12.4. The molecule has 0 heterocycles. The van der Waals surface area contributed by atoms with Gasteiger partial charge < -0.3 is 10.2 Å². The van der Waals surface area contributed by atoms with E-state index in [4.69, 9.17) is 0 Å². The summed E-state index contributed by atoms with van der Waals surface area (Å²) in [4.78, 5) is 37.6. The number of carbonyl (C=O) groups is 3. The Morgan fingerprint density at radius 1 is 1.21 bits per heavy atom. The third-order valence-corrected chi connectivity index (χ3v) is 10.7. The van der Waals surface area contributed by atoms with Crippen LogP contribution in [0.5, 0.6) is 0 Å². The fraction of sp³-hybridized carbons (Fsp3) is 0.759. The van der Waals surface area contributed by atoms with Gasteiger partial charge in [-0.15, -0.1) is 0 Å². The predicted octanol–water partition coefficient (Wildman–Crippen LogP) is 5.37. The van der Waals surface area contributed by atoms with Crippen molar-refractivity contribution < 1.29 is 24.6 Å². The van der Waals surface area contributed by atoms with Gasteiger partial charge in [-0.1, -0.05) is 39.8 Å². The quantitative estimate of drug-likeness (QED) is 0.509. The van der Waals surface area contributed by atoms with Crippen LogP contribution in [0, 0.1) is 46.3 Å². The number of rotatable bonds is 6. The van der Waals surface area contributed by atoms with Gasteiger partial charge in [-0.25, -0.2) is 0 Å². The third-order valence-electron chi connectivity index (χ3n) is 10.7. The zero-order valence-corrected chi connectivity index (χ0v) is 21.5. The maximum Gasteiger partial charge on any atom is 0.310 e. The van der Waals surface area contributed by atoms with Crippen LogP contribution >= 0.6 is 0 Å². The SMILES string of the molecule is C=C(CC[C@@H](C)[C@H]1CC[C@H]2C3=C(C(=O)C[C@]12C)[C@@]1(C)CCC(=O)C(C)[C@@H]1C[C@@H]3O)[C@@H](C)C(=O)O. The van der Waals surface area contributed by atoms with E-state index in [-0.39, 0.29) is 40.2 Å². The highest BCUT2D eigenvalue weighted by molar-refractivity contribution is 6.00. The Balaban J connectivity index is 1.61. The Morgan fingerprint density at radius 2 is 1.88 bits per heavy atom. The number of hydrogen-bond acceptors (Lipinski definition) is 4. The van der Waals surface area contributed by atoms with Crippen molar-refractivity contribution in [2.45, 2.75) is 92.1 Å². The van der Waals surface area contributed by atoms with Gasteiger partial charge in [0.15, 0.2) is 5.78 Å². The lowest BCUT2D eigenvalue weighted by molar-refractivity contribution is -0.140. The topological polar surface area (TPSA) is 91.7 Å². The highest BCUT2D eigenvalue weighted by Crippen LogP contribution is 2.65. The monoisotopic (exact) mass is 470 g/mol. The summed E-state index contributed by atoms with van der Waals surface area (Å²) in [5, 5.41) is 20.6. The van der Waals surface area contributed by atoms with Crippen molar-refractivity contribution in [1.29, 1.82) is 0 Å². The molecule has 0 aromatic heterocycles. The first-order chi connectivity index (χ1) is 15.8. The van der Waals surface area contributed by atoms with E-state index in [1.54, 1.807) is 6.92 Å². The van der Waals surface area contributed by atoms with Gasteiger partial charge in [0.1, 0.15) is 5.78 Å². The first-order valence-corrected chi connectivity index (χ1v) is 13.2. The number of carbonyl (C=O) groups excluding carboxylic acids is 2. The Morgan fingerprint density at radius 3 is 2.53 bits per heavy atom. The second-order valence-electron chi connectivity index (χ2n) is 12.4. The molecule has 5 heteroatoms. The van der Waals surface area contributed by atoms with E-state index in [1.807, 2.05) is 6.92 Å². The van der Waals surface area contributed by atoms with E-state index in [0.29, 0.717) is 43.9 Å². The molecular weight excluding hydrogens is 428 g/mol. The zero-order valence-electron chi connectivity index (χ0n) is 21.5. The molecule has 9 atom stereocenters. The molecule has 0 amide bonds. The van der Waals surface area contributed by atoms with Gasteiger partial charge >= 0.3 is 5.97 Å². The minimum Gasteiger partial charge on any atom is -0.481 e. The molecule has 0 aromatic carbocycles. The minimum atomic E-state index is -0.834. The summed E-state index contributed by atoms with van der Waals surface area (Å²) >= 11 is 0. The molecule has 4 aliphatic carbocycles. The average molecular weight is 471 g/mol. The predicted molar refractivity (Wildman–Crippen MR) is 131 cm³/mol. The number of Topliss-reactive ketones (excluding diaryl/α,β-unsaturated/α-hetero) is 2. The van der Waals surface area contributed by atoms with Crippen LogP contribution in [0.1, 0.15) is 86.0 Å². The zero-order chi connectivity index (χ0) is 25.2. The molecule has 2 N–H and O–H groups in total. The number of carboxylic acid groups (broad SMARTS) is 1. The molecule has 1 unspecified atom stereocenters. The molecule has 2 fully saturated rings. The van der Waals surface area contributed by atoms with Crippen LogP contribution in [0.2, 0.25) is 0 Å². The number of aliphatic carboxylic acids is 1. The van der Waals surface area contributed by atoms with Crippen LogP contribution in [-0.2, 0) is 14.4 Å². The number of aliphatic hydroxyl groups excluding tert-OH is 1. The number of hydrogen-bond donors (Lipinski definition) is 2. The molecule has 34 heavy (non-hydrogen) atoms. The van der Waals surface area contributed by atoms with E-state index in [9.17, 15) is 24.6 Å². The molecule has 0 saturated heterocycles. The highest BCUT2D eigenvalue weighted by atomic mass is 16.4. The lowest BCUT2D eigenvalue weighted by Crippen LogP contribution is -2.54. The molecule has 0 spiro atoms. The molecule has 4 rings (SSSR count). The average Bonchev–Trinajstić information content (AvgIpc) is 3.11. The van der Waals surface area contributed by atoms with Crippen LogP contribution in [0.3, 0.4) is 0 Å². The molecule has 2 saturated carbocycles. The van der Waals surface area contributed by atoms with Crippen molar-refractivity contribution in [3.8, 4) is 0 Å². The molecule has 4 aliphatic rings. The standard InChI is InChI=1S/C29H42O5/c1-15(17(3)27(33)34)7-8-16(2)19-9-10-20-25-23(31)13-21-18(4)22(30)11-12-28(21,5)26(25)24(32)14-29(19,20)6/h16-21,23,31H,1,7-14H2,2-6H3,(H,33,34)/t16-,17-,18?,19-,20+,21+,23+,28+,29-/m1/s1. The van der Waals surface area contributed by atoms with Crippen LogP contribution < -0.4 is 0 Å². The number of ketones is 2. The van der Waals surface area contributed by atoms with Gasteiger partial charge in [0, 0.05) is 29.7 Å². The summed E-state index contributed by atoms with van der Waals surface area (Å²) in [6.07, 6.45) is 5.24. The largest absolute Gasteiger partial charge is 0.481 e. The summed E-state index contributed by atoms with van der Waals surface area (Å²) in [5.74, 6) is -0.0967. The lowest BCUT2D eigenvalue weighted by atomic mass is 9.48. The van der Waals surface area contributed by atoms with Gasteiger partial charge in [-0.05, 0) is 80.1 Å². The van der Waals surface area contributed by atoms with Gasteiger partial charge in [0.2, 0.25) is 0 Å². The number of carboxylic acids is 1. The smallest absolute Gasteiger partial charge is 0.310 e. The summed E-state index contributed by atoms with van der Waals surface area (Å²) in [6.45, 7) is 14.3. The maximum absolute atomic E-state index is 13.8. The fourth-order valence-corrected chi connectivity index (χ4v) is 8.50. The second kappa shape index (κ2) is 8.72. The molecule has 5 nitrogen and oxygen atoms in total. The van der Waals surface area contributed by atoms with E-state index in [0.717, 1.165) is 36.0 Å². The first-order valence-electron chi connectivity index (χ1n) is 13.2. The van der Waals surface area contributed by atoms with Crippen LogP contribution in [0.25, 0.3) is 0 Å². The molecule has 0 aromatic rings. The van der Waals surface area contributed by atoms with Crippen molar-refractivity contribution in [3.05, 3.63) is 23.3 Å². The van der Waals surface area contributed by atoms with Crippen LogP contribution in [-0.4, -0.2) is 33.9 Å². The molecule has 0 bridgehead atoms. The van der Waals surface area contributed by atoms with E-state index < -0.39 is 18.0 Å². The van der Waals surface area contributed by atoms with Crippen molar-refractivity contribution in [1.82, 2.24) is 0 Å². The van der Waals surface area contributed by atoms with Crippen molar-refractivity contribution in [3.63, 3.8) is 0 Å². The lowest BCUT2D eigenvalue weighted by Gasteiger charge is -2.55. The molecule has 0 radical (unpaired) electrons. The fourth-order valence-electron chi connectivity index (χ4n) is 8.50. The van der Waals surface area contributed by atoms with E-state index in [1.165, 1.54) is 0 Å². The van der Waals surface area contributed by atoms with Crippen molar-refractivity contribution >= 4 is 17.5 Å². The normalized spacial score (nSPS) is 41.4. The van der Waals surface area contributed by atoms with Gasteiger partial charge in [-0.3, -0.25) is 14.4 Å².